The molecule has 2 aliphatic heterocycles. The molecule has 0 N–H and O–H groups in total. The summed E-state index contributed by atoms with van der Waals surface area (Å²) in [5.74, 6) is 0.865. The van der Waals surface area contributed by atoms with Gasteiger partial charge in [0.05, 0.1) is 6.54 Å². The number of fused-ring (bicyclic) bond motifs is 1. The predicted octanol–water partition coefficient (Wildman–Crippen LogP) is 1.98. The van der Waals surface area contributed by atoms with Crippen LogP contribution in [0.5, 0.6) is 0 Å². The van der Waals surface area contributed by atoms with Crippen LogP contribution in [0.2, 0.25) is 0 Å². The molecule has 0 bridgehead atoms. The first-order valence-corrected chi connectivity index (χ1v) is 8.73. The molecule has 1 aromatic carbocycles. The van der Waals surface area contributed by atoms with Gasteiger partial charge in [0.25, 0.3) is 0 Å². The Morgan fingerprint density at radius 2 is 1.96 bits per heavy atom. The molecular weight excluding hydrogens is 300 g/mol. The molecule has 2 saturated heterocycles. The van der Waals surface area contributed by atoms with E-state index in [-0.39, 0.29) is 0 Å². The number of benzene rings is 1. The maximum atomic E-state index is 11.9. The quantitative estimate of drug-likeness (QED) is 0.864. The number of carbonyl (C=O) groups is 1. The number of hydrogen-bond acceptors (Lipinski definition) is 3. The van der Waals surface area contributed by atoms with Crippen molar-refractivity contribution < 1.29 is 4.79 Å². The second-order valence-electron chi connectivity index (χ2n) is 7.03. The summed E-state index contributed by atoms with van der Waals surface area (Å²) in [7, 11) is 1.96. The molecule has 0 unspecified atom stereocenters. The SMILES string of the molecule is CN1C(=O)C[C@H]2CCN(Cc3ccccc3Cn3cccn3)C[C@H]21. The maximum Gasteiger partial charge on any atom is 0.222 e. The van der Waals surface area contributed by atoms with Crippen LogP contribution < -0.4 is 0 Å². The number of amides is 1. The van der Waals surface area contributed by atoms with Gasteiger partial charge < -0.3 is 4.90 Å². The molecule has 1 amide bonds. The van der Waals surface area contributed by atoms with Gasteiger partial charge in [0.1, 0.15) is 0 Å². The van der Waals surface area contributed by atoms with E-state index in [1.807, 2.05) is 35.1 Å². The first-order valence-electron chi connectivity index (χ1n) is 8.73. The average molecular weight is 324 g/mol. The number of piperidine rings is 1. The Labute approximate surface area is 142 Å². The summed E-state index contributed by atoms with van der Waals surface area (Å²) in [6.07, 6.45) is 5.69. The Morgan fingerprint density at radius 1 is 1.17 bits per heavy atom. The lowest BCUT2D eigenvalue weighted by molar-refractivity contribution is -0.127. The molecule has 3 heterocycles. The molecule has 4 rings (SSSR count). The van der Waals surface area contributed by atoms with E-state index in [4.69, 9.17) is 0 Å². The number of rotatable bonds is 4. The van der Waals surface area contributed by atoms with Crippen LogP contribution in [0.3, 0.4) is 0 Å². The van der Waals surface area contributed by atoms with Crippen molar-refractivity contribution in [2.24, 2.45) is 5.92 Å². The van der Waals surface area contributed by atoms with Gasteiger partial charge in [-0.1, -0.05) is 24.3 Å². The van der Waals surface area contributed by atoms with E-state index in [0.717, 1.165) is 39.0 Å². The van der Waals surface area contributed by atoms with Crippen LogP contribution in [0.1, 0.15) is 24.0 Å². The fraction of sp³-hybridized carbons (Fsp3) is 0.474. The van der Waals surface area contributed by atoms with Gasteiger partial charge in [0.2, 0.25) is 5.91 Å². The van der Waals surface area contributed by atoms with E-state index in [2.05, 4.69) is 34.3 Å². The highest BCUT2D eigenvalue weighted by Crippen LogP contribution is 2.32. The van der Waals surface area contributed by atoms with E-state index in [1.54, 1.807) is 0 Å². The highest BCUT2D eigenvalue weighted by Gasteiger charge is 2.40. The van der Waals surface area contributed by atoms with Crippen molar-refractivity contribution in [3.8, 4) is 0 Å². The molecule has 5 nitrogen and oxygen atoms in total. The first kappa shape index (κ1) is 15.4. The average Bonchev–Trinajstić information content (AvgIpc) is 3.19. The van der Waals surface area contributed by atoms with Gasteiger partial charge in [-0.3, -0.25) is 14.4 Å². The van der Waals surface area contributed by atoms with Gasteiger partial charge in [-0.15, -0.1) is 0 Å². The zero-order chi connectivity index (χ0) is 16.5. The summed E-state index contributed by atoms with van der Waals surface area (Å²) in [5.41, 5.74) is 2.68. The minimum Gasteiger partial charge on any atom is -0.341 e. The molecule has 126 valence electrons. The lowest BCUT2D eigenvalue weighted by Gasteiger charge is -2.37. The molecule has 5 heteroatoms. The van der Waals surface area contributed by atoms with Crippen molar-refractivity contribution in [1.29, 1.82) is 0 Å². The molecule has 2 atom stereocenters. The molecule has 2 aliphatic rings. The van der Waals surface area contributed by atoms with Gasteiger partial charge in [-0.05, 0) is 36.1 Å². The van der Waals surface area contributed by atoms with Crippen molar-refractivity contribution in [2.75, 3.05) is 20.1 Å². The fourth-order valence-electron chi connectivity index (χ4n) is 4.09. The Balaban J connectivity index is 1.47. The van der Waals surface area contributed by atoms with Crippen molar-refractivity contribution in [2.45, 2.75) is 32.0 Å². The lowest BCUT2D eigenvalue weighted by atomic mass is 9.91. The van der Waals surface area contributed by atoms with E-state index in [9.17, 15) is 4.79 Å². The second-order valence-corrected chi connectivity index (χ2v) is 7.03. The molecule has 0 spiro atoms. The summed E-state index contributed by atoms with van der Waals surface area (Å²) < 4.78 is 1.97. The lowest BCUT2D eigenvalue weighted by Crippen LogP contribution is -2.47. The zero-order valence-corrected chi connectivity index (χ0v) is 14.1. The van der Waals surface area contributed by atoms with Crippen molar-refractivity contribution in [1.82, 2.24) is 19.6 Å². The third-order valence-corrected chi connectivity index (χ3v) is 5.54. The third kappa shape index (κ3) is 2.96. The van der Waals surface area contributed by atoms with Crippen LogP contribution in [0.25, 0.3) is 0 Å². The Bertz CT molecular complexity index is 712. The molecule has 24 heavy (non-hydrogen) atoms. The normalized spacial score (nSPS) is 24.4. The van der Waals surface area contributed by atoms with Gasteiger partial charge in [-0.25, -0.2) is 0 Å². The fourth-order valence-corrected chi connectivity index (χ4v) is 4.09. The number of nitrogens with zero attached hydrogens (tertiary/aromatic N) is 4. The second kappa shape index (κ2) is 6.40. The van der Waals surface area contributed by atoms with Crippen molar-refractivity contribution in [3.63, 3.8) is 0 Å². The van der Waals surface area contributed by atoms with Crippen LogP contribution in [0, 0.1) is 5.92 Å². The number of likely N-dealkylation sites (N-methyl/N-ethyl adjacent to an activating group) is 1. The van der Waals surface area contributed by atoms with Gasteiger partial charge in [0.15, 0.2) is 0 Å². The molecular formula is C19H24N4O. The van der Waals surface area contributed by atoms with Gasteiger partial charge in [0, 0.05) is 45.0 Å². The minimum absolute atomic E-state index is 0.311. The van der Waals surface area contributed by atoms with E-state index in [1.165, 1.54) is 11.1 Å². The van der Waals surface area contributed by atoms with Crippen LogP contribution in [0.15, 0.2) is 42.7 Å². The zero-order valence-electron chi connectivity index (χ0n) is 14.1. The summed E-state index contributed by atoms with van der Waals surface area (Å²) in [4.78, 5) is 16.4. The number of hydrogen-bond donors (Lipinski definition) is 0. The third-order valence-electron chi connectivity index (χ3n) is 5.54. The molecule has 0 aliphatic carbocycles. The first-order chi connectivity index (χ1) is 11.7. The van der Waals surface area contributed by atoms with E-state index >= 15 is 0 Å². The summed E-state index contributed by atoms with van der Waals surface area (Å²) >= 11 is 0. The minimum atomic E-state index is 0.311. The Hall–Kier alpha value is -2.14. The van der Waals surface area contributed by atoms with E-state index < -0.39 is 0 Å². The topological polar surface area (TPSA) is 41.4 Å². The summed E-state index contributed by atoms with van der Waals surface area (Å²) in [5, 5.41) is 4.32. The van der Waals surface area contributed by atoms with Crippen LogP contribution >= 0.6 is 0 Å². The maximum absolute atomic E-state index is 11.9. The Kier molecular flexibility index (Phi) is 4.10. The molecule has 0 radical (unpaired) electrons. The number of aromatic nitrogens is 2. The molecule has 0 saturated carbocycles. The van der Waals surface area contributed by atoms with E-state index in [0.29, 0.717) is 17.9 Å². The standard InChI is InChI=1S/C19H24N4O/c1-21-18-14-22(10-7-15(18)11-19(21)24)12-16-5-2-3-6-17(16)13-23-9-4-8-20-23/h2-6,8-9,15,18H,7,10-14H2,1H3/t15-,18-/m1/s1. The Morgan fingerprint density at radius 3 is 2.71 bits per heavy atom. The predicted molar refractivity (Wildman–Crippen MR) is 92.3 cm³/mol. The largest absolute Gasteiger partial charge is 0.341 e. The van der Waals surface area contributed by atoms with Crippen molar-refractivity contribution in [3.05, 3.63) is 53.9 Å². The van der Waals surface area contributed by atoms with Crippen molar-refractivity contribution >= 4 is 5.91 Å². The number of carbonyl (C=O) groups excluding carboxylic acids is 1. The summed E-state index contributed by atoms with van der Waals surface area (Å²) in [6.45, 7) is 3.82. The van der Waals surface area contributed by atoms with Crippen LogP contribution in [-0.2, 0) is 17.9 Å². The monoisotopic (exact) mass is 324 g/mol. The molecule has 2 fully saturated rings. The highest BCUT2D eigenvalue weighted by atomic mass is 16.2. The number of likely N-dealkylation sites (tertiary alicyclic amines) is 2. The van der Waals surface area contributed by atoms with Gasteiger partial charge in [-0.2, -0.15) is 5.10 Å². The van der Waals surface area contributed by atoms with Crippen LogP contribution in [0.4, 0.5) is 0 Å². The highest BCUT2D eigenvalue weighted by molar-refractivity contribution is 5.79. The molecule has 2 aromatic rings. The van der Waals surface area contributed by atoms with Gasteiger partial charge >= 0.3 is 0 Å². The molecule has 1 aromatic heterocycles. The smallest absolute Gasteiger partial charge is 0.222 e. The van der Waals surface area contributed by atoms with Crippen LogP contribution in [-0.4, -0.2) is 51.7 Å². The summed E-state index contributed by atoms with van der Waals surface area (Å²) in [6, 6.07) is 11.0.